The van der Waals surface area contributed by atoms with E-state index in [1.165, 1.54) is 54.7 Å². The van der Waals surface area contributed by atoms with E-state index in [9.17, 15) is 0 Å². The van der Waals surface area contributed by atoms with Crippen LogP contribution >= 0.6 is 0 Å². The monoisotopic (exact) mass is 374 g/mol. The third-order valence-electron chi connectivity index (χ3n) is 6.14. The summed E-state index contributed by atoms with van der Waals surface area (Å²) in [4.78, 5) is 0. The second-order valence-corrected chi connectivity index (χ2v) is 8.07. The molecule has 4 aromatic carbocycles. The van der Waals surface area contributed by atoms with Crippen LogP contribution in [0.5, 0.6) is 0 Å². The number of nitrogens with zero attached hydrogens (tertiary/aromatic N) is 2. The third kappa shape index (κ3) is 2.35. The zero-order chi connectivity index (χ0) is 19.5. The number of benzene rings is 4. The van der Waals surface area contributed by atoms with E-state index in [-0.39, 0.29) is 0 Å². The molecule has 0 saturated carbocycles. The molecule has 6 aromatic rings. The molecule has 140 valence electrons. The van der Waals surface area contributed by atoms with Crippen LogP contribution in [0, 0.1) is 13.8 Å². The van der Waals surface area contributed by atoms with Crippen LogP contribution in [0.1, 0.15) is 11.1 Å². The van der Waals surface area contributed by atoms with Crippen molar-refractivity contribution in [1.29, 1.82) is 0 Å². The average molecular weight is 374 g/mol. The van der Waals surface area contributed by atoms with Gasteiger partial charge in [-0.05, 0) is 49.2 Å². The Hall–Kier alpha value is -3.52. The van der Waals surface area contributed by atoms with Gasteiger partial charge in [0.2, 0.25) is 0 Å². The Bertz CT molecular complexity index is 1430. The van der Waals surface area contributed by atoms with Crippen molar-refractivity contribution in [3.05, 3.63) is 96.1 Å². The van der Waals surface area contributed by atoms with Crippen molar-refractivity contribution in [2.45, 2.75) is 20.5 Å². The van der Waals surface area contributed by atoms with E-state index < -0.39 is 0 Å². The predicted octanol–water partition coefficient (Wildman–Crippen LogP) is 7.03. The number of aromatic nitrogens is 2. The standard InChI is InChI=1S/C27H22N2/c1-18-11-13-22-23-14-12-19(2)16-27(23)29(26(22)15-18)17-28-24-9-5-3-7-20(24)21-8-4-6-10-25(21)28/h3-16H,17H2,1-2H3. The first kappa shape index (κ1) is 16.4. The molecule has 0 amide bonds. The Morgan fingerprint density at radius 2 is 0.897 bits per heavy atom. The maximum Gasteiger partial charge on any atom is 0.100 e. The van der Waals surface area contributed by atoms with Crippen molar-refractivity contribution < 1.29 is 0 Å². The summed E-state index contributed by atoms with van der Waals surface area (Å²) in [6.45, 7) is 5.14. The SMILES string of the molecule is Cc1ccc2c3ccc(C)cc3n(Cn3c4ccccc4c4ccccc43)c2c1. The molecule has 0 spiro atoms. The third-order valence-corrected chi connectivity index (χ3v) is 6.14. The summed E-state index contributed by atoms with van der Waals surface area (Å²) in [5.74, 6) is 0. The Labute approximate surface area is 169 Å². The summed E-state index contributed by atoms with van der Waals surface area (Å²) >= 11 is 0. The molecule has 0 aliphatic heterocycles. The smallest absolute Gasteiger partial charge is 0.100 e. The summed E-state index contributed by atoms with van der Waals surface area (Å²) in [5, 5.41) is 5.28. The van der Waals surface area contributed by atoms with Gasteiger partial charge in [0.15, 0.2) is 0 Å². The zero-order valence-electron chi connectivity index (χ0n) is 16.7. The van der Waals surface area contributed by atoms with E-state index in [1.54, 1.807) is 0 Å². The fourth-order valence-electron chi connectivity index (χ4n) is 4.76. The summed E-state index contributed by atoms with van der Waals surface area (Å²) in [7, 11) is 0. The topological polar surface area (TPSA) is 9.86 Å². The number of aryl methyl sites for hydroxylation is 2. The van der Waals surface area contributed by atoms with Crippen molar-refractivity contribution in [2.24, 2.45) is 0 Å². The summed E-state index contributed by atoms with van der Waals surface area (Å²) < 4.78 is 4.93. The van der Waals surface area contributed by atoms with Gasteiger partial charge in [-0.25, -0.2) is 0 Å². The molecular weight excluding hydrogens is 352 g/mol. The predicted molar refractivity (Wildman–Crippen MR) is 124 cm³/mol. The Morgan fingerprint density at radius 1 is 0.483 bits per heavy atom. The molecule has 0 fully saturated rings. The molecule has 6 rings (SSSR count). The van der Waals surface area contributed by atoms with Crippen molar-refractivity contribution in [2.75, 3.05) is 0 Å². The van der Waals surface area contributed by atoms with E-state index in [4.69, 9.17) is 0 Å². The lowest BCUT2D eigenvalue weighted by molar-refractivity contribution is 0.682. The molecule has 0 atom stereocenters. The summed E-state index contributed by atoms with van der Waals surface area (Å²) in [5.41, 5.74) is 7.74. The maximum absolute atomic E-state index is 2.48. The van der Waals surface area contributed by atoms with Gasteiger partial charge in [-0.1, -0.05) is 60.7 Å². The molecule has 2 aromatic heterocycles. The summed E-state index contributed by atoms with van der Waals surface area (Å²) in [6, 6.07) is 31.1. The lowest BCUT2D eigenvalue weighted by atomic mass is 10.1. The van der Waals surface area contributed by atoms with Crippen molar-refractivity contribution in [3.63, 3.8) is 0 Å². The minimum atomic E-state index is 0.793. The molecule has 2 heterocycles. The molecule has 2 nitrogen and oxygen atoms in total. The zero-order valence-corrected chi connectivity index (χ0v) is 16.7. The minimum absolute atomic E-state index is 0.793. The van der Waals surface area contributed by atoms with E-state index >= 15 is 0 Å². The summed E-state index contributed by atoms with van der Waals surface area (Å²) in [6.07, 6.45) is 0. The number of hydrogen-bond acceptors (Lipinski definition) is 0. The van der Waals surface area contributed by atoms with Gasteiger partial charge in [-0.15, -0.1) is 0 Å². The lowest BCUT2D eigenvalue weighted by Gasteiger charge is -2.12. The van der Waals surface area contributed by atoms with Gasteiger partial charge in [0.05, 0.1) is 22.1 Å². The highest BCUT2D eigenvalue weighted by atomic mass is 15.2. The Morgan fingerprint density at radius 3 is 1.41 bits per heavy atom. The Kier molecular flexibility index (Phi) is 3.39. The number of fused-ring (bicyclic) bond motifs is 6. The second kappa shape index (κ2) is 5.99. The highest BCUT2D eigenvalue weighted by Gasteiger charge is 2.15. The molecule has 0 radical (unpaired) electrons. The van der Waals surface area contributed by atoms with Gasteiger partial charge < -0.3 is 9.13 Å². The highest BCUT2D eigenvalue weighted by molar-refractivity contribution is 6.09. The minimum Gasteiger partial charge on any atom is -0.322 e. The van der Waals surface area contributed by atoms with Crippen LogP contribution in [0.4, 0.5) is 0 Å². The van der Waals surface area contributed by atoms with Crippen molar-refractivity contribution in [3.8, 4) is 0 Å². The molecule has 0 aliphatic rings. The molecule has 0 unspecified atom stereocenters. The molecule has 0 aliphatic carbocycles. The van der Waals surface area contributed by atoms with Crippen LogP contribution in [0.25, 0.3) is 43.6 Å². The largest absolute Gasteiger partial charge is 0.322 e. The fourth-order valence-corrected chi connectivity index (χ4v) is 4.76. The van der Waals surface area contributed by atoms with Crippen LogP contribution < -0.4 is 0 Å². The molecular formula is C27H22N2. The first-order valence-corrected chi connectivity index (χ1v) is 10.2. The maximum atomic E-state index is 2.48. The van der Waals surface area contributed by atoms with Gasteiger partial charge in [0.25, 0.3) is 0 Å². The first-order valence-electron chi connectivity index (χ1n) is 10.2. The normalized spacial score (nSPS) is 11.9. The Balaban J connectivity index is 1.71. The van der Waals surface area contributed by atoms with E-state index in [1.807, 2.05) is 0 Å². The van der Waals surface area contributed by atoms with E-state index in [0.717, 1.165) is 6.67 Å². The van der Waals surface area contributed by atoms with Crippen LogP contribution in [0.15, 0.2) is 84.9 Å². The van der Waals surface area contributed by atoms with Gasteiger partial charge in [-0.3, -0.25) is 0 Å². The highest BCUT2D eigenvalue weighted by Crippen LogP contribution is 2.33. The second-order valence-electron chi connectivity index (χ2n) is 8.07. The van der Waals surface area contributed by atoms with Gasteiger partial charge in [0.1, 0.15) is 6.67 Å². The van der Waals surface area contributed by atoms with Crippen LogP contribution in [-0.2, 0) is 6.67 Å². The fraction of sp³-hybridized carbons (Fsp3) is 0.111. The number of para-hydroxylation sites is 2. The molecule has 0 N–H and O–H groups in total. The van der Waals surface area contributed by atoms with Crippen molar-refractivity contribution in [1.82, 2.24) is 9.13 Å². The quantitative estimate of drug-likeness (QED) is 0.308. The molecule has 29 heavy (non-hydrogen) atoms. The molecule has 0 saturated heterocycles. The van der Waals surface area contributed by atoms with Crippen LogP contribution in [-0.4, -0.2) is 9.13 Å². The van der Waals surface area contributed by atoms with E-state index in [2.05, 4.69) is 108 Å². The molecule has 2 heteroatoms. The number of rotatable bonds is 2. The average Bonchev–Trinajstić information content (AvgIpc) is 3.21. The van der Waals surface area contributed by atoms with Gasteiger partial charge >= 0.3 is 0 Å². The molecule has 0 bridgehead atoms. The lowest BCUT2D eigenvalue weighted by Crippen LogP contribution is -2.07. The van der Waals surface area contributed by atoms with Gasteiger partial charge in [-0.2, -0.15) is 0 Å². The van der Waals surface area contributed by atoms with Gasteiger partial charge in [0, 0.05) is 21.5 Å². The first-order chi connectivity index (χ1) is 14.2. The number of hydrogen-bond donors (Lipinski definition) is 0. The van der Waals surface area contributed by atoms with Crippen molar-refractivity contribution >= 4 is 43.6 Å². The van der Waals surface area contributed by atoms with E-state index in [0.29, 0.717) is 0 Å². The van der Waals surface area contributed by atoms with Crippen LogP contribution in [0.2, 0.25) is 0 Å². The van der Waals surface area contributed by atoms with Crippen LogP contribution in [0.3, 0.4) is 0 Å².